The molecule has 1 unspecified atom stereocenters. The lowest BCUT2D eigenvalue weighted by Crippen LogP contribution is -2.14. The van der Waals surface area contributed by atoms with Crippen molar-refractivity contribution in [2.45, 2.75) is 23.5 Å². The third kappa shape index (κ3) is 3.13. The Morgan fingerprint density at radius 3 is 2.64 bits per heavy atom. The van der Waals surface area contributed by atoms with Crippen molar-refractivity contribution >= 4 is 34.9 Å². The topological polar surface area (TPSA) is 98.0 Å². The Bertz CT molecular complexity index is 1110. The van der Waals surface area contributed by atoms with E-state index in [0.717, 1.165) is 16.9 Å². The number of thioether (sulfide) groups is 1. The fourth-order valence-electron chi connectivity index (χ4n) is 3.20. The molecule has 4 N–H and O–H groups in total. The van der Waals surface area contributed by atoms with Crippen molar-refractivity contribution < 1.29 is 4.74 Å². The largest absolute Gasteiger partial charge is 0.438 e. The number of nitrogen functional groups attached to an aromatic ring is 2. The van der Waals surface area contributed by atoms with Crippen LogP contribution in [0.25, 0.3) is 0 Å². The zero-order valence-electron chi connectivity index (χ0n) is 15.1. The summed E-state index contributed by atoms with van der Waals surface area (Å²) in [6, 6.07) is 15.8. The molecule has 1 atom stereocenters. The van der Waals surface area contributed by atoms with Crippen molar-refractivity contribution in [3.63, 3.8) is 0 Å². The Hall–Kier alpha value is -2.88. The summed E-state index contributed by atoms with van der Waals surface area (Å²) < 4.78 is 5.95. The van der Waals surface area contributed by atoms with Crippen LogP contribution >= 0.6 is 23.4 Å². The van der Waals surface area contributed by atoms with Gasteiger partial charge in [0.15, 0.2) is 0 Å². The molecule has 2 heterocycles. The van der Waals surface area contributed by atoms with Gasteiger partial charge in [0.25, 0.3) is 0 Å². The lowest BCUT2D eigenvalue weighted by Gasteiger charge is -2.29. The van der Waals surface area contributed by atoms with Gasteiger partial charge in [0.1, 0.15) is 23.2 Å². The van der Waals surface area contributed by atoms with Crippen LogP contribution in [0.15, 0.2) is 47.4 Å². The first-order chi connectivity index (χ1) is 13.5. The molecule has 5 nitrogen and oxygen atoms in total. The van der Waals surface area contributed by atoms with E-state index in [0.29, 0.717) is 27.9 Å². The van der Waals surface area contributed by atoms with Gasteiger partial charge in [-0.25, -0.2) is 0 Å². The molecule has 0 saturated heterocycles. The number of hydrogen-bond acceptors (Lipinski definition) is 6. The Balaban J connectivity index is 1.88. The molecule has 1 aromatic heterocycles. The van der Waals surface area contributed by atoms with Crippen molar-refractivity contribution in [3.05, 3.63) is 69.7 Å². The van der Waals surface area contributed by atoms with Crippen LogP contribution < -0.4 is 16.2 Å². The molecule has 7 heteroatoms. The Morgan fingerprint density at radius 2 is 1.96 bits per heavy atom. The second kappa shape index (κ2) is 7.27. The molecule has 1 aliphatic rings. The number of nitrogens with two attached hydrogens (primary N) is 2. The minimum atomic E-state index is -0.231. The number of nitrogens with zero attached hydrogens (tertiary/aromatic N) is 2. The maximum Gasteiger partial charge on any atom is 0.228 e. The number of anilines is 2. The number of nitriles is 1. The first-order valence-corrected chi connectivity index (χ1v) is 9.99. The fourth-order valence-corrected chi connectivity index (χ4v) is 4.60. The molecular formula is C21H17ClN4OS. The number of rotatable bonds is 3. The summed E-state index contributed by atoms with van der Waals surface area (Å²) >= 11 is 7.86. The molecule has 2 aromatic carbocycles. The number of ether oxygens (including phenoxy) is 1. The highest BCUT2D eigenvalue weighted by Crippen LogP contribution is 2.54. The van der Waals surface area contributed by atoms with Gasteiger partial charge >= 0.3 is 0 Å². The molecule has 4 rings (SSSR count). The van der Waals surface area contributed by atoms with Crippen LogP contribution in [0.2, 0.25) is 5.02 Å². The number of hydrogen-bond donors (Lipinski definition) is 2. The molecule has 0 fully saturated rings. The number of aryl methyl sites for hydroxylation is 1. The predicted octanol–water partition coefficient (Wildman–Crippen LogP) is 5.32. The van der Waals surface area contributed by atoms with E-state index in [9.17, 15) is 5.26 Å². The van der Waals surface area contributed by atoms with Gasteiger partial charge in [0.05, 0.1) is 16.5 Å². The van der Waals surface area contributed by atoms with Crippen LogP contribution in [0.4, 0.5) is 11.5 Å². The summed E-state index contributed by atoms with van der Waals surface area (Å²) in [6.07, 6.45) is 0.977. The Labute approximate surface area is 172 Å². The number of halogens is 1. The minimum Gasteiger partial charge on any atom is -0.438 e. The van der Waals surface area contributed by atoms with E-state index < -0.39 is 0 Å². The van der Waals surface area contributed by atoms with E-state index in [1.54, 1.807) is 23.9 Å². The standard InChI is InChI=1S/C21H17ClN4OS/c1-2-11-3-6-13(7-4-11)28-19-14-9-12(22)5-8-16(14)27-21-17(19)18(24)15(10-23)20(25)26-21/h3-9,19H,2H2,1H3,(H4,24,25,26). The van der Waals surface area contributed by atoms with Gasteiger partial charge in [0, 0.05) is 15.5 Å². The summed E-state index contributed by atoms with van der Waals surface area (Å²) in [7, 11) is 0. The van der Waals surface area contributed by atoms with Crippen molar-refractivity contribution in [1.82, 2.24) is 4.98 Å². The van der Waals surface area contributed by atoms with Gasteiger partial charge in [0.2, 0.25) is 5.88 Å². The summed E-state index contributed by atoms with van der Waals surface area (Å²) in [4.78, 5) is 5.36. The van der Waals surface area contributed by atoms with E-state index in [-0.39, 0.29) is 16.6 Å². The molecule has 3 aromatic rings. The molecule has 0 aliphatic carbocycles. The highest BCUT2D eigenvalue weighted by molar-refractivity contribution is 7.99. The summed E-state index contributed by atoms with van der Waals surface area (Å²) in [5, 5.41) is 9.82. The zero-order chi connectivity index (χ0) is 19.8. The van der Waals surface area contributed by atoms with E-state index in [4.69, 9.17) is 27.8 Å². The van der Waals surface area contributed by atoms with Gasteiger partial charge in [-0.15, -0.1) is 11.8 Å². The summed E-state index contributed by atoms with van der Waals surface area (Å²) in [5.74, 6) is 1.04. The third-order valence-electron chi connectivity index (χ3n) is 4.69. The van der Waals surface area contributed by atoms with Gasteiger partial charge in [-0.05, 0) is 42.3 Å². The maximum atomic E-state index is 9.46. The molecule has 0 radical (unpaired) electrons. The Kier molecular flexibility index (Phi) is 4.80. The normalized spacial score (nSPS) is 14.5. The highest BCUT2D eigenvalue weighted by atomic mass is 35.5. The first-order valence-electron chi connectivity index (χ1n) is 8.73. The molecule has 0 amide bonds. The second-order valence-corrected chi connectivity index (χ2v) is 8.01. The summed E-state index contributed by atoms with van der Waals surface area (Å²) in [5.41, 5.74) is 15.5. The average molecular weight is 409 g/mol. The molecule has 0 bridgehead atoms. The second-order valence-electron chi connectivity index (χ2n) is 6.40. The van der Waals surface area contributed by atoms with Gasteiger partial charge in [-0.2, -0.15) is 10.2 Å². The third-order valence-corrected chi connectivity index (χ3v) is 6.19. The van der Waals surface area contributed by atoms with Gasteiger partial charge in [-0.3, -0.25) is 0 Å². The minimum absolute atomic E-state index is 0.0622. The Morgan fingerprint density at radius 1 is 1.21 bits per heavy atom. The van der Waals surface area contributed by atoms with Crippen molar-refractivity contribution in [2.24, 2.45) is 0 Å². The molecule has 0 spiro atoms. The summed E-state index contributed by atoms with van der Waals surface area (Å²) in [6.45, 7) is 2.12. The number of benzene rings is 2. The molecular weight excluding hydrogens is 392 g/mol. The molecule has 0 saturated carbocycles. The van der Waals surface area contributed by atoms with E-state index in [1.165, 1.54) is 5.56 Å². The van der Waals surface area contributed by atoms with Crippen LogP contribution in [0.5, 0.6) is 11.6 Å². The molecule has 28 heavy (non-hydrogen) atoms. The zero-order valence-corrected chi connectivity index (χ0v) is 16.6. The van der Waals surface area contributed by atoms with Crippen molar-refractivity contribution in [3.8, 4) is 17.7 Å². The average Bonchev–Trinajstić information content (AvgIpc) is 2.69. The maximum absolute atomic E-state index is 9.46. The quantitative estimate of drug-likeness (QED) is 0.608. The van der Waals surface area contributed by atoms with Crippen LogP contribution in [0.1, 0.15) is 34.4 Å². The SMILES string of the molecule is CCc1ccc(SC2c3cc(Cl)ccc3Oc3nc(N)c(C#N)c(N)c32)cc1. The van der Waals surface area contributed by atoms with Gasteiger partial charge in [-0.1, -0.05) is 30.7 Å². The lowest BCUT2D eigenvalue weighted by atomic mass is 9.98. The van der Waals surface area contributed by atoms with Crippen molar-refractivity contribution in [1.29, 1.82) is 5.26 Å². The van der Waals surface area contributed by atoms with Crippen molar-refractivity contribution in [2.75, 3.05) is 11.5 Å². The fraction of sp³-hybridized carbons (Fsp3) is 0.143. The van der Waals surface area contributed by atoms with Crippen LogP contribution in [-0.2, 0) is 6.42 Å². The van der Waals surface area contributed by atoms with Gasteiger partial charge < -0.3 is 16.2 Å². The van der Waals surface area contributed by atoms with E-state index in [2.05, 4.69) is 36.2 Å². The predicted molar refractivity (Wildman–Crippen MR) is 113 cm³/mol. The van der Waals surface area contributed by atoms with Crippen LogP contribution in [0, 0.1) is 11.3 Å². The number of aromatic nitrogens is 1. The van der Waals surface area contributed by atoms with E-state index in [1.807, 2.05) is 12.1 Å². The molecule has 140 valence electrons. The first kappa shape index (κ1) is 18.5. The molecule has 1 aliphatic heterocycles. The highest BCUT2D eigenvalue weighted by Gasteiger charge is 2.33. The van der Waals surface area contributed by atoms with Crippen LogP contribution in [-0.4, -0.2) is 4.98 Å². The monoisotopic (exact) mass is 408 g/mol. The lowest BCUT2D eigenvalue weighted by molar-refractivity contribution is 0.441. The smallest absolute Gasteiger partial charge is 0.228 e. The van der Waals surface area contributed by atoms with Crippen LogP contribution in [0.3, 0.4) is 0 Å². The van der Waals surface area contributed by atoms with E-state index >= 15 is 0 Å². The number of fused-ring (bicyclic) bond motifs is 2. The number of pyridine rings is 1.